The van der Waals surface area contributed by atoms with Gasteiger partial charge in [-0.3, -0.25) is 14.4 Å². The fourth-order valence-electron chi connectivity index (χ4n) is 3.72. The Labute approximate surface area is 203 Å². The van der Waals surface area contributed by atoms with Crippen LogP contribution in [0.15, 0.2) is 65.6 Å². The van der Waals surface area contributed by atoms with E-state index in [1.54, 1.807) is 62.4 Å². The zero-order chi connectivity index (χ0) is 25.0. The fraction of sp³-hybridized carbons (Fsp3) is 0.259. The number of hydrogen-bond donors (Lipinski definition) is 0. The zero-order valence-electron chi connectivity index (χ0n) is 19.4. The number of carbonyl (C=O) groups excluding carboxylic acids is 2. The highest BCUT2D eigenvalue weighted by Crippen LogP contribution is 2.30. The molecular weight excluding hydrogens is 452 g/mol. The van der Waals surface area contributed by atoms with E-state index in [9.17, 15) is 19.6 Å². The Kier molecular flexibility index (Phi) is 7.70. The van der Waals surface area contributed by atoms with Gasteiger partial charge >= 0.3 is 5.97 Å². The molecule has 174 valence electrons. The zero-order valence-corrected chi connectivity index (χ0v) is 20.2. The first kappa shape index (κ1) is 24.9. The first-order valence-electron chi connectivity index (χ1n) is 10.9. The molecule has 0 aliphatic rings. The summed E-state index contributed by atoms with van der Waals surface area (Å²) in [4.78, 5) is 39.0. The number of nitrogens with zero attached hydrogens (tertiary/aromatic N) is 2. The van der Waals surface area contributed by atoms with Gasteiger partial charge in [-0.15, -0.1) is 0 Å². The van der Waals surface area contributed by atoms with Crippen LogP contribution in [0.1, 0.15) is 66.7 Å². The Morgan fingerprint density at radius 1 is 1.03 bits per heavy atom. The summed E-state index contributed by atoms with van der Waals surface area (Å²) in [6.07, 6.45) is 1.43. The summed E-state index contributed by atoms with van der Waals surface area (Å²) >= 11 is 5.99. The number of carbonyl (C=O) groups is 2. The molecule has 0 unspecified atom stereocenters. The van der Waals surface area contributed by atoms with Gasteiger partial charge in [0.25, 0.3) is 5.56 Å². The molecule has 0 aliphatic heterocycles. The lowest BCUT2D eigenvalue weighted by Crippen LogP contribution is -2.26. The van der Waals surface area contributed by atoms with Crippen molar-refractivity contribution in [2.24, 2.45) is 5.92 Å². The lowest BCUT2D eigenvalue weighted by molar-refractivity contribution is -0.137. The van der Waals surface area contributed by atoms with Gasteiger partial charge in [0, 0.05) is 22.8 Å². The summed E-state index contributed by atoms with van der Waals surface area (Å²) in [5.41, 5.74) is 0.489. The van der Waals surface area contributed by atoms with E-state index in [4.69, 9.17) is 16.3 Å². The van der Waals surface area contributed by atoms with Gasteiger partial charge in [0.15, 0.2) is 5.78 Å². The third-order valence-corrected chi connectivity index (χ3v) is 5.73. The van der Waals surface area contributed by atoms with Gasteiger partial charge in [-0.05, 0) is 55.7 Å². The maximum Gasteiger partial charge on any atom is 0.319 e. The van der Waals surface area contributed by atoms with Crippen molar-refractivity contribution in [3.63, 3.8) is 0 Å². The van der Waals surface area contributed by atoms with E-state index >= 15 is 0 Å². The highest BCUT2D eigenvalue weighted by Gasteiger charge is 2.28. The summed E-state index contributed by atoms with van der Waals surface area (Å²) in [5.74, 6) is -1.47. The van der Waals surface area contributed by atoms with Crippen molar-refractivity contribution >= 4 is 23.4 Å². The Hall–Kier alpha value is -3.69. The molecule has 0 N–H and O–H groups in total. The van der Waals surface area contributed by atoms with Crippen LogP contribution in [0, 0.1) is 17.2 Å². The molecule has 6 nitrogen and oxygen atoms in total. The van der Waals surface area contributed by atoms with Crippen LogP contribution < -0.4 is 10.3 Å². The normalized spacial score (nSPS) is 11.8. The van der Waals surface area contributed by atoms with Crippen molar-refractivity contribution in [1.82, 2.24) is 4.57 Å². The number of nitriles is 1. The van der Waals surface area contributed by atoms with Crippen LogP contribution in [-0.2, 0) is 4.79 Å². The number of rotatable bonds is 7. The molecule has 34 heavy (non-hydrogen) atoms. The average Bonchev–Trinajstić information content (AvgIpc) is 2.80. The molecular formula is C27H25ClN2O4. The molecule has 0 spiro atoms. The number of ketones is 1. The number of para-hydroxylation sites is 1. The summed E-state index contributed by atoms with van der Waals surface area (Å²) in [5, 5.41) is 9.93. The van der Waals surface area contributed by atoms with Crippen LogP contribution in [0.3, 0.4) is 0 Å². The van der Waals surface area contributed by atoms with Gasteiger partial charge < -0.3 is 9.30 Å². The van der Waals surface area contributed by atoms with Gasteiger partial charge in [0.2, 0.25) is 0 Å². The molecule has 1 heterocycles. The van der Waals surface area contributed by atoms with E-state index in [-0.39, 0.29) is 34.4 Å². The molecule has 3 aromatic rings. The standard InChI is InChI=1S/C27H25ClN2O4/c1-16(2)24(18-9-11-21(28)12-10-18)27(33)34-23-8-6-5-7-22(23)25(31)20-13-19(14-29)26(32)30(15-20)17(3)4/h5-13,15-17,24H,1-4H3/t24-/m1/s1. The largest absolute Gasteiger partial charge is 0.425 e. The number of benzene rings is 2. The van der Waals surface area contributed by atoms with E-state index in [1.807, 2.05) is 19.9 Å². The topological polar surface area (TPSA) is 89.2 Å². The van der Waals surface area contributed by atoms with Crippen LogP contribution in [0.2, 0.25) is 5.02 Å². The Balaban J connectivity index is 1.99. The number of aromatic nitrogens is 1. The molecule has 1 atom stereocenters. The first-order valence-corrected chi connectivity index (χ1v) is 11.3. The van der Waals surface area contributed by atoms with Crippen LogP contribution in [0.4, 0.5) is 0 Å². The highest BCUT2D eigenvalue weighted by atomic mass is 35.5. The molecule has 0 bridgehead atoms. The second-order valence-electron chi connectivity index (χ2n) is 8.58. The smallest absolute Gasteiger partial charge is 0.319 e. The molecule has 1 aromatic heterocycles. The quantitative estimate of drug-likeness (QED) is 0.254. The maximum atomic E-state index is 13.4. The van der Waals surface area contributed by atoms with Crippen molar-refractivity contribution in [1.29, 1.82) is 5.26 Å². The van der Waals surface area contributed by atoms with Crippen molar-refractivity contribution < 1.29 is 14.3 Å². The number of hydrogen-bond acceptors (Lipinski definition) is 5. The molecule has 2 aromatic carbocycles. The number of pyridine rings is 1. The minimum atomic E-state index is -0.562. The molecule has 7 heteroatoms. The summed E-state index contributed by atoms with van der Waals surface area (Å²) in [6.45, 7) is 7.40. The fourth-order valence-corrected chi connectivity index (χ4v) is 3.85. The average molecular weight is 477 g/mol. The van der Waals surface area contributed by atoms with Crippen LogP contribution in [-0.4, -0.2) is 16.3 Å². The maximum absolute atomic E-state index is 13.4. The van der Waals surface area contributed by atoms with Crippen LogP contribution >= 0.6 is 11.6 Å². The molecule has 0 amide bonds. The van der Waals surface area contributed by atoms with Gasteiger partial charge in [0.1, 0.15) is 17.4 Å². The Bertz CT molecular complexity index is 1320. The first-order chi connectivity index (χ1) is 16.1. The molecule has 0 fully saturated rings. The number of ether oxygens (including phenoxy) is 1. The SMILES string of the molecule is CC(C)[C@@H](C(=O)Oc1ccccc1C(=O)c1cc(C#N)c(=O)n(C(C)C)c1)c1ccc(Cl)cc1. The summed E-state index contributed by atoms with van der Waals surface area (Å²) in [6, 6.07) is 16.3. The molecule has 0 radical (unpaired) electrons. The minimum absolute atomic E-state index is 0.0654. The van der Waals surface area contributed by atoms with Crippen molar-refractivity contribution in [3.8, 4) is 11.8 Å². The lowest BCUT2D eigenvalue weighted by Gasteiger charge is -2.20. The molecule has 3 rings (SSSR count). The van der Waals surface area contributed by atoms with Gasteiger partial charge in [0.05, 0.1) is 11.5 Å². The Morgan fingerprint density at radius 2 is 1.68 bits per heavy atom. The van der Waals surface area contributed by atoms with Gasteiger partial charge in [-0.25, -0.2) is 0 Å². The molecule has 0 saturated carbocycles. The molecule has 0 aliphatic carbocycles. The number of halogens is 1. The van der Waals surface area contributed by atoms with Crippen molar-refractivity contribution in [2.75, 3.05) is 0 Å². The van der Waals surface area contributed by atoms with E-state index in [1.165, 1.54) is 16.8 Å². The highest BCUT2D eigenvalue weighted by molar-refractivity contribution is 6.30. The predicted octanol–water partition coefficient (Wildman–Crippen LogP) is 5.53. The summed E-state index contributed by atoms with van der Waals surface area (Å²) < 4.78 is 7.07. The van der Waals surface area contributed by atoms with Crippen LogP contribution in [0.25, 0.3) is 0 Å². The number of esters is 1. The third kappa shape index (κ3) is 5.27. The van der Waals surface area contributed by atoms with E-state index in [2.05, 4.69) is 0 Å². The van der Waals surface area contributed by atoms with Crippen LogP contribution in [0.5, 0.6) is 5.75 Å². The van der Waals surface area contributed by atoms with E-state index < -0.39 is 23.2 Å². The third-order valence-electron chi connectivity index (χ3n) is 5.47. The Morgan fingerprint density at radius 3 is 2.26 bits per heavy atom. The lowest BCUT2D eigenvalue weighted by atomic mass is 9.88. The molecule has 0 saturated heterocycles. The summed E-state index contributed by atoms with van der Waals surface area (Å²) in [7, 11) is 0. The monoisotopic (exact) mass is 476 g/mol. The second-order valence-corrected chi connectivity index (χ2v) is 9.02. The van der Waals surface area contributed by atoms with E-state index in [0.717, 1.165) is 5.56 Å². The second kappa shape index (κ2) is 10.5. The van der Waals surface area contributed by atoms with Crippen molar-refractivity contribution in [2.45, 2.75) is 39.7 Å². The van der Waals surface area contributed by atoms with Crippen molar-refractivity contribution in [3.05, 3.63) is 98.4 Å². The minimum Gasteiger partial charge on any atom is -0.425 e. The van der Waals surface area contributed by atoms with Gasteiger partial charge in [-0.1, -0.05) is 49.7 Å². The predicted molar refractivity (Wildman–Crippen MR) is 130 cm³/mol. The van der Waals surface area contributed by atoms with E-state index in [0.29, 0.717) is 5.02 Å². The van der Waals surface area contributed by atoms with Gasteiger partial charge in [-0.2, -0.15) is 5.26 Å².